The van der Waals surface area contributed by atoms with Crippen LogP contribution in [0.5, 0.6) is 5.75 Å². The number of ether oxygens (including phenoxy) is 1. The van der Waals surface area contributed by atoms with Gasteiger partial charge in [0.15, 0.2) is 10.6 Å². The minimum Gasteiger partial charge on any atom is -0.496 e. The molecule has 0 unspecified atom stereocenters. The normalized spacial score (nSPS) is 11.6. The van der Waals surface area contributed by atoms with Crippen molar-refractivity contribution in [2.24, 2.45) is 0 Å². The molecule has 2 rings (SSSR count). The zero-order valence-electron chi connectivity index (χ0n) is 11.3. The van der Waals surface area contributed by atoms with Crippen LogP contribution in [-0.2, 0) is 5.54 Å². The summed E-state index contributed by atoms with van der Waals surface area (Å²) in [5, 5.41) is 7.19. The Bertz CT molecular complexity index is 655. The molecule has 0 amide bonds. The summed E-state index contributed by atoms with van der Waals surface area (Å²) >= 11 is 8.80. The van der Waals surface area contributed by atoms with Gasteiger partial charge in [-0.3, -0.25) is 9.67 Å². The maximum atomic E-state index is 5.31. The summed E-state index contributed by atoms with van der Waals surface area (Å²) in [4.78, 5) is 0. The van der Waals surface area contributed by atoms with Gasteiger partial charge in [-0.25, -0.2) is 0 Å². The second kappa shape index (κ2) is 5.09. The largest absolute Gasteiger partial charge is 0.496 e. The molecule has 19 heavy (non-hydrogen) atoms. The van der Waals surface area contributed by atoms with Crippen LogP contribution in [0.2, 0.25) is 0 Å². The highest BCUT2D eigenvalue weighted by molar-refractivity contribution is 9.10. The summed E-state index contributed by atoms with van der Waals surface area (Å²) in [5.74, 6) is 1.61. The van der Waals surface area contributed by atoms with E-state index in [1.807, 2.05) is 22.8 Å². The minimum atomic E-state index is -0.133. The van der Waals surface area contributed by atoms with E-state index in [0.717, 1.165) is 21.6 Å². The van der Waals surface area contributed by atoms with Crippen LogP contribution in [0.15, 0.2) is 22.7 Å². The maximum absolute atomic E-state index is 5.31. The zero-order valence-corrected chi connectivity index (χ0v) is 13.7. The number of aromatic nitrogens is 3. The van der Waals surface area contributed by atoms with Crippen molar-refractivity contribution in [3.63, 3.8) is 0 Å². The summed E-state index contributed by atoms with van der Waals surface area (Å²) in [7, 11) is 1.64. The first-order valence-corrected chi connectivity index (χ1v) is 7.06. The lowest BCUT2D eigenvalue weighted by atomic mass is 10.1. The molecule has 6 heteroatoms. The van der Waals surface area contributed by atoms with Crippen LogP contribution in [-0.4, -0.2) is 21.9 Å². The van der Waals surface area contributed by atoms with Gasteiger partial charge in [0.25, 0.3) is 0 Å². The maximum Gasteiger partial charge on any atom is 0.195 e. The van der Waals surface area contributed by atoms with Crippen LogP contribution >= 0.6 is 28.1 Å². The van der Waals surface area contributed by atoms with Crippen LogP contribution in [0.4, 0.5) is 0 Å². The van der Waals surface area contributed by atoms with Crippen LogP contribution in [0.25, 0.3) is 11.4 Å². The van der Waals surface area contributed by atoms with Crippen LogP contribution < -0.4 is 4.74 Å². The van der Waals surface area contributed by atoms with E-state index in [9.17, 15) is 0 Å². The summed E-state index contributed by atoms with van der Waals surface area (Å²) in [6.45, 7) is 6.29. The summed E-state index contributed by atoms with van der Waals surface area (Å²) in [6.07, 6.45) is 0. The molecule has 0 fully saturated rings. The molecule has 0 aliphatic carbocycles. The number of hydrogen-bond donors (Lipinski definition) is 1. The number of H-pyrrole nitrogens is 1. The van der Waals surface area contributed by atoms with Gasteiger partial charge in [-0.2, -0.15) is 5.10 Å². The molecule has 1 heterocycles. The fourth-order valence-corrected chi connectivity index (χ4v) is 2.87. The zero-order chi connectivity index (χ0) is 14.2. The van der Waals surface area contributed by atoms with Crippen molar-refractivity contribution in [1.29, 1.82) is 0 Å². The molecule has 102 valence electrons. The van der Waals surface area contributed by atoms with Crippen molar-refractivity contribution in [3.8, 4) is 17.1 Å². The van der Waals surface area contributed by atoms with Gasteiger partial charge in [0, 0.05) is 11.1 Å². The molecule has 2 aromatic rings. The van der Waals surface area contributed by atoms with Crippen LogP contribution in [0.1, 0.15) is 20.8 Å². The van der Waals surface area contributed by atoms with Gasteiger partial charge in [-0.15, -0.1) is 0 Å². The summed E-state index contributed by atoms with van der Waals surface area (Å²) in [5.41, 5.74) is 0.848. The monoisotopic (exact) mass is 341 g/mol. The molecule has 0 spiro atoms. The second-order valence-electron chi connectivity index (χ2n) is 5.21. The third-order valence-electron chi connectivity index (χ3n) is 2.75. The van der Waals surface area contributed by atoms with Gasteiger partial charge < -0.3 is 4.74 Å². The number of aromatic amines is 1. The highest BCUT2D eigenvalue weighted by Gasteiger charge is 2.20. The fourth-order valence-electron chi connectivity index (χ4n) is 1.92. The summed E-state index contributed by atoms with van der Waals surface area (Å²) < 4.78 is 8.76. The third kappa shape index (κ3) is 2.74. The topological polar surface area (TPSA) is 42.8 Å². The number of nitrogens with one attached hydrogen (secondary N) is 1. The lowest BCUT2D eigenvalue weighted by Crippen LogP contribution is -2.22. The number of rotatable bonds is 2. The molecule has 1 aromatic heterocycles. The van der Waals surface area contributed by atoms with E-state index in [2.05, 4.69) is 46.9 Å². The lowest BCUT2D eigenvalue weighted by molar-refractivity contribution is 0.395. The van der Waals surface area contributed by atoms with Crippen LogP contribution in [0, 0.1) is 4.77 Å². The van der Waals surface area contributed by atoms with E-state index in [-0.39, 0.29) is 5.54 Å². The smallest absolute Gasteiger partial charge is 0.195 e. The SMILES string of the molecule is COc1ccc(-c2n[nH]c(=S)n2C(C)(C)C)cc1Br. The van der Waals surface area contributed by atoms with Crippen molar-refractivity contribution < 1.29 is 4.74 Å². The Morgan fingerprint density at radius 3 is 2.58 bits per heavy atom. The molecule has 0 radical (unpaired) electrons. The van der Waals surface area contributed by atoms with Gasteiger partial charge >= 0.3 is 0 Å². The first-order chi connectivity index (χ1) is 8.84. The van der Waals surface area contributed by atoms with Crippen molar-refractivity contribution in [2.75, 3.05) is 7.11 Å². The molecular weight excluding hydrogens is 326 g/mol. The third-order valence-corrected chi connectivity index (χ3v) is 3.65. The first-order valence-electron chi connectivity index (χ1n) is 5.86. The Hall–Kier alpha value is -1.14. The second-order valence-corrected chi connectivity index (χ2v) is 6.45. The molecule has 1 aromatic carbocycles. The highest BCUT2D eigenvalue weighted by Crippen LogP contribution is 2.31. The Morgan fingerprint density at radius 2 is 2.05 bits per heavy atom. The van der Waals surface area contributed by atoms with Gasteiger partial charge in [0.2, 0.25) is 0 Å². The Morgan fingerprint density at radius 1 is 1.37 bits per heavy atom. The number of hydrogen-bond acceptors (Lipinski definition) is 3. The molecule has 4 nitrogen and oxygen atoms in total. The molecule has 0 saturated heterocycles. The predicted molar refractivity (Wildman–Crippen MR) is 82.1 cm³/mol. The van der Waals surface area contributed by atoms with E-state index >= 15 is 0 Å². The van der Waals surface area contributed by atoms with Gasteiger partial charge in [-0.05, 0) is 67.1 Å². The standard InChI is InChI=1S/C13H16BrN3OS/c1-13(2,3)17-11(15-16-12(17)19)8-5-6-10(18-4)9(14)7-8/h5-7H,1-4H3,(H,16,19). The van der Waals surface area contributed by atoms with Gasteiger partial charge in [0.1, 0.15) is 5.75 Å². The van der Waals surface area contributed by atoms with E-state index in [1.54, 1.807) is 7.11 Å². The van der Waals surface area contributed by atoms with E-state index < -0.39 is 0 Å². The molecular formula is C13H16BrN3OS. The van der Waals surface area contributed by atoms with Crippen molar-refractivity contribution >= 4 is 28.1 Å². The Balaban J connectivity index is 2.61. The van der Waals surface area contributed by atoms with Gasteiger partial charge in [-0.1, -0.05) is 0 Å². The number of benzene rings is 1. The molecule has 1 N–H and O–H groups in total. The van der Waals surface area contributed by atoms with Crippen molar-refractivity contribution in [3.05, 3.63) is 27.4 Å². The molecule has 0 atom stereocenters. The lowest BCUT2D eigenvalue weighted by Gasteiger charge is -2.22. The molecule has 0 aliphatic heterocycles. The molecule has 0 aliphatic rings. The number of methoxy groups -OCH3 is 1. The fraction of sp³-hybridized carbons (Fsp3) is 0.385. The average molecular weight is 342 g/mol. The molecule has 0 bridgehead atoms. The van der Waals surface area contributed by atoms with E-state index in [4.69, 9.17) is 17.0 Å². The van der Waals surface area contributed by atoms with Crippen LogP contribution in [0.3, 0.4) is 0 Å². The quantitative estimate of drug-likeness (QED) is 0.835. The Kier molecular flexibility index (Phi) is 3.82. The first kappa shape index (κ1) is 14.3. The Labute approximate surface area is 125 Å². The van der Waals surface area contributed by atoms with Gasteiger partial charge in [0.05, 0.1) is 11.6 Å². The van der Waals surface area contributed by atoms with Crippen molar-refractivity contribution in [2.45, 2.75) is 26.3 Å². The van der Waals surface area contributed by atoms with Crippen molar-refractivity contribution in [1.82, 2.24) is 14.8 Å². The van der Waals surface area contributed by atoms with E-state index in [0.29, 0.717) is 4.77 Å². The number of halogens is 1. The van der Waals surface area contributed by atoms with E-state index in [1.165, 1.54) is 0 Å². The average Bonchev–Trinajstić information content (AvgIpc) is 2.70. The number of nitrogens with zero attached hydrogens (tertiary/aromatic N) is 2. The molecule has 0 saturated carbocycles. The predicted octanol–water partition coefficient (Wildman–Crippen LogP) is 4.13. The summed E-state index contributed by atoms with van der Waals surface area (Å²) in [6, 6.07) is 5.85. The minimum absolute atomic E-state index is 0.133. The highest BCUT2D eigenvalue weighted by atomic mass is 79.9.